The molecule has 29 heavy (non-hydrogen) atoms. The van der Waals surface area contributed by atoms with Crippen LogP contribution in [0.5, 0.6) is 5.75 Å². The molecule has 1 N–H and O–H groups in total. The highest BCUT2D eigenvalue weighted by atomic mass is 35.5. The van der Waals surface area contributed by atoms with E-state index in [2.05, 4.69) is 20.8 Å². The Kier molecular flexibility index (Phi) is 6.86. The second-order valence-electron chi connectivity index (χ2n) is 7.99. The van der Waals surface area contributed by atoms with E-state index in [9.17, 15) is 9.90 Å². The summed E-state index contributed by atoms with van der Waals surface area (Å²) in [6.07, 6.45) is 0.987. The number of rotatable bonds is 5. The predicted octanol–water partition coefficient (Wildman–Crippen LogP) is 5.69. The Hall–Kier alpha value is -2.04. The van der Waals surface area contributed by atoms with Crippen molar-refractivity contribution in [3.8, 4) is 5.75 Å². The zero-order valence-corrected chi connectivity index (χ0v) is 18.1. The van der Waals surface area contributed by atoms with E-state index in [4.69, 9.17) is 21.1 Å². The normalized spacial score (nSPS) is 26.9. The molecule has 1 aliphatic rings. The van der Waals surface area contributed by atoms with Crippen LogP contribution in [-0.2, 0) is 20.7 Å². The Bertz CT molecular complexity index is 848. The SMILES string of the molecule is CC[C@H]1O[C@@H](c2ccc(Cl)c(Cc3ccc(O)cc3)c2)[C@H](OC(C)=O)[C@@H](C)[C@@H]1C. The number of esters is 1. The molecule has 0 aliphatic carbocycles. The van der Waals surface area contributed by atoms with E-state index in [-0.39, 0.29) is 35.9 Å². The number of carbonyl (C=O) groups excluding carboxylic acids is 1. The maximum atomic E-state index is 11.8. The van der Waals surface area contributed by atoms with Gasteiger partial charge in [0.25, 0.3) is 0 Å². The summed E-state index contributed by atoms with van der Waals surface area (Å²) in [6.45, 7) is 7.85. The molecule has 5 heteroatoms. The lowest BCUT2D eigenvalue weighted by molar-refractivity contribution is -0.196. The van der Waals surface area contributed by atoms with Gasteiger partial charge in [0, 0.05) is 17.9 Å². The van der Waals surface area contributed by atoms with E-state index in [1.54, 1.807) is 12.1 Å². The molecule has 0 bridgehead atoms. The van der Waals surface area contributed by atoms with Crippen LogP contribution in [0.1, 0.15) is 56.9 Å². The zero-order valence-electron chi connectivity index (χ0n) is 17.4. The molecule has 2 aromatic rings. The van der Waals surface area contributed by atoms with E-state index < -0.39 is 0 Å². The minimum Gasteiger partial charge on any atom is -0.508 e. The quantitative estimate of drug-likeness (QED) is 0.636. The first-order chi connectivity index (χ1) is 13.8. The molecule has 1 fully saturated rings. The monoisotopic (exact) mass is 416 g/mol. The van der Waals surface area contributed by atoms with Crippen molar-refractivity contribution in [3.63, 3.8) is 0 Å². The summed E-state index contributed by atoms with van der Waals surface area (Å²) in [7, 11) is 0. The predicted molar refractivity (Wildman–Crippen MR) is 114 cm³/mol. The molecule has 5 atom stereocenters. The number of aromatic hydroxyl groups is 1. The summed E-state index contributed by atoms with van der Waals surface area (Å²) in [5.41, 5.74) is 2.99. The van der Waals surface area contributed by atoms with Crippen LogP contribution < -0.4 is 0 Å². The highest BCUT2D eigenvalue weighted by Gasteiger charge is 2.43. The molecule has 4 nitrogen and oxygen atoms in total. The summed E-state index contributed by atoms with van der Waals surface area (Å²) in [5.74, 6) is 0.418. The van der Waals surface area contributed by atoms with E-state index in [1.165, 1.54) is 6.92 Å². The van der Waals surface area contributed by atoms with E-state index in [1.807, 2.05) is 30.3 Å². The number of benzene rings is 2. The van der Waals surface area contributed by atoms with Crippen molar-refractivity contribution in [2.75, 3.05) is 0 Å². The third kappa shape index (κ3) is 4.93. The molecule has 3 rings (SSSR count). The summed E-state index contributed by atoms with van der Waals surface area (Å²) in [4.78, 5) is 11.8. The highest BCUT2D eigenvalue weighted by Crippen LogP contribution is 2.42. The van der Waals surface area contributed by atoms with Crippen LogP contribution >= 0.6 is 11.6 Å². The van der Waals surface area contributed by atoms with Crippen LogP contribution in [0.4, 0.5) is 0 Å². The highest BCUT2D eigenvalue weighted by molar-refractivity contribution is 6.31. The Morgan fingerprint density at radius 2 is 1.83 bits per heavy atom. The largest absolute Gasteiger partial charge is 0.508 e. The van der Waals surface area contributed by atoms with Gasteiger partial charge < -0.3 is 14.6 Å². The van der Waals surface area contributed by atoms with Crippen molar-refractivity contribution in [2.45, 2.75) is 58.8 Å². The first kappa shape index (κ1) is 21.7. The van der Waals surface area contributed by atoms with E-state index in [0.29, 0.717) is 17.4 Å². The molecular formula is C24H29ClO4. The van der Waals surface area contributed by atoms with Crippen molar-refractivity contribution < 1.29 is 19.4 Å². The molecule has 0 spiro atoms. The smallest absolute Gasteiger partial charge is 0.303 e. The van der Waals surface area contributed by atoms with Gasteiger partial charge >= 0.3 is 5.97 Å². The maximum Gasteiger partial charge on any atom is 0.303 e. The van der Waals surface area contributed by atoms with Gasteiger partial charge in [0.05, 0.1) is 6.10 Å². The fraction of sp³-hybridized carbons (Fsp3) is 0.458. The summed E-state index contributed by atoms with van der Waals surface area (Å²) < 4.78 is 12.1. The fourth-order valence-electron chi connectivity index (χ4n) is 4.14. The average molecular weight is 417 g/mol. The zero-order chi connectivity index (χ0) is 21.1. The van der Waals surface area contributed by atoms with Crippen molar-refractivity contribution >= 4 is 17.6 Å². The van der Waals surface area contributed by atoms with Gasteiger partial charge in [-0.05, 0) is 53.6 Å². The summed E-state index contributed by atoms with van der Waals surface area (Å²) >= 11 is 6.47. The molecule has 1 heterocycles. The molecule has 0 aromatic heterocycles. The topological polar surface area (TPSA) is 55.8 Å². The minimum atomic E-state index is -0.340. The van der Waals surface area contributed by atoms with Crippen LogP contribution in [-0.4, -0.2) is 23.3 Å². The summed E-state index contributed by atoms with van der Waals surface area (Å²) in [6, 6.07) is 13.0. The lowest BCUT2D eigenvalue weighted by Gasteiger charge is -2.44. The van der Waals surface area contributed by atoms with Crippen LogP contribution in [0.15, 0.2) is 42.5 Å². The van der Waals surface area contributed by atoms with Gasteiger partial charge in [-0.2, -0.15) is 0 Å². The van der Waals surface area contributed by atoms with Gasteiger partial charge in [0.15, 0.2) is 0 Å². The van der Waals surface area contributed by atoms with Gasteiger partial charge in [0.2, 0.25) is 0 Å². The Morgan fingerprint density at radius 3 is 2.45 bits per heavy atom. The van der Waals surface area contributed by atoms with Crippen LogP contribution in [0, 0.1) is 11.8 Å². The van der Waals surface area contributed by atoms with Crippen molar-refractivity contribution in [1.82, 2.24) is 0 Å². The van der Waals surface area contributed by atoms with Crippen molar-refractivity contribution in [3.05, 3.63) is 64.2 Å². The number of phenolic OH excluding ortho intramolecular Hbond substituents is 1. The lowest BCUT2D eigenvalue weighted by Crippen LogP contribution is -2.46. The van der Waals surface area contributed by atoms with Gasteiger partial charge in [-0.1, -0.05) is 56.6 Å². The van der Waals surface area contributed by atoms with Gasteiger partial charge in [-0.25, -0.2) is 0 Å². The molecule has 0 radical (unpaired) electrons. The fourth-order valence-corrected chi connectivity index (χ4v) is 4.33. The first-order valence-electron chi connectivity index (χ1n) is 10.2. The summed E-state index contributed by atoms with van der Waals surface area (Å²) in [5, 5.41) is 10.2. The number of hydrogen-bond acceptors (Lipinski definition) is 4. The van der Waals surface area contributed by atoms with Gasteiger partial charge in [0.1, 0.15) is 18.0 Å². The average Bonchev–Trinajstić information content (AvgIpc) is 2.69. The minimum absolute atomic E-state index is 0.109. The van der Waals surface area contributed by atoms with Gasteiger partial charge in [-0.15, -0.1) is 0 Å². The van der Waals surface area contributed by atoms with Crippen LogP contribution in [0.25, 0.3) is 0 Å². The Labute approximate surface area is 177 Å². The third-order valence-electron chi connectivity index (χ3n) is 5.99. The van der Waals surface area contributed by atoms with Crippen molar-refractivity contribution in [1.29, 1.82) is 0 Å². The number of phenols is 1. The molecule has 156 valence electrons. The number of ether oxygens (including phenoxy) is 2. The van der Waals surface area contributed by atoms with Crippen molar-refractivity contribution in [2.24, 2.45) is 11.8 Å². The van der Waals surface area contributed by atoms with Crippen LogP contribution in [0.3, 0.4) is 0 Å². The third-order valence-corrected chi connectivity index (χ3v) is 6.36. The second kappa shape index (κ2) is 9.19. The lowest BCUT2D eigenvalue weighted by atomic mass is 9.78. The Balaban J connectivity index is 1.93. The molecular weight excluding hydrogens is 388 g/mol. The van der Waals surface area contributed by atoms with E-state index in [0.717, 1.165) is 23.1 Å². The number of halogens is 1. The standard InChI is InChI=1S/C24H29ClO4/c1-5-22-14(2)15(3)23(28-16(4)26)24(29-22)18-8-11-21(25)19(13-18)12-17-6-9-20(27)10-7-17/h6-11,13-15,22-24,27H,5,12H2,1-4H3/t14-,15-,22+,23+,24-/m0/s1. The van der Waals surface area contributed by atoms with Gasteiger partial charge in [-0.3, -0.25) is 4.79 Å². The Morgan fingerprint density at radius 1 is 1.14 bits per heavy atom. The molecule has 0 amide bonds. The number of hydrogen-bond donors (Lipinski definition) is 1. The maximum absolute atomic E-state index is 11.8. The second-order valence-corrected chi connectivity index (χ2v) is 8.40. The molecule has 0 saturated carbocycles. The first-order valence-corrected chi connectivity index (χ1v) is 10.6. The molecule has 2 aromatic carbocycles. The number of carbonyl (C=O) groups is 1. The molecule has 0 unspecified atom stereocenters. The van der Waals surface area contributed by atoms with Crippen LogP contribution in [0.2, 0.25) is 5.02 Å². The van der Waals surface area contributed by atoms with E-state index >= 15 is 0 Å². The molecule has 1 saturated heterocycles. The molecule has 1 aliphatic heterocycles.